The summed E-state index contributed by atoms with van der Waals surface area (Å²) in [6.45, 7) is 1.69. The number of carbonyl (C=O) groups excluding carboxylic acids is 1. The first-order valence-electron chi connectivity index (χ1n) is 7.83. The Kier molecular flexibility index (Phi) is 5.52. The second-order valence-corrected chi connectivity index (χ2v) is 8.96. The number of amides is 1. The van der Waals surface area contributed by atoms with Gasteiger partial charge in [-0.2, -0.15) is 0 Å². The molecule has 1 aliphatic carbocycles. The molecule has 0 aromatic carbocycles. The lowest BCUT2D eigenvalue weighted by Crippen LogP contribution is -2.34. The zero-order valence-electron chi connectivity index (χ0n) is 13.0. The molecule has 0 spiro atoms. The zero-order chi connectivity index (χ0) is 16.0. The molecule has 24 heavy (non-hydrogen) atoms. The molecular weight excluding hydrogens is 385 g/mol. The molecule has 2 N–H and O–H groups in total. The highest BCUT2D eigenvalue weighted by atomic mass is 35.5. The van der Waals surface area contributed by atoms with Gasteiger partial charge in [-0.15, -0.1) is 35.1 Å². The Morgan fingerprint density at radius 3 is 2.92 bits per heavy atom. The van der Waals surface area contributed by atoms with Crippen molar-refractivity contribution in [1.82, 2.24) is 9.88 Å². The number of rotatable bonds is 3. The molecule has 3 unspecified atom stereocenters. The second-order valence-electron chi connectivity index (χ2n) is 6.39. The van der Waals surface area contributed by atoms with E-state index in [0.717, 1.165) is 45.8 Å². The molecule has 1 amide bonds. The van der Waals surface area contributed by atoms with E-state index >= 15 is 0 Å². The smallest absolute Gasteiger partial charge is 0.228 e. The van der Waals surface area contributed by atoms with E-state index in [1.165, 1.54) is 11.3 Å². The molecule has 2 aliphatic rings. The van der Waals surface area contributed by atoms with Crippen LogP contribution in [0.25, 0.3) is 9.88 Å². The van der Waals surface area contributed by atoms with Gasteiger partial charge in [0.15, 0.2) is 0 Å². The molecule has 0 radical (unpaired) electrons. The van der Waals surface area contributed by atoms with Crippen LogP contribution in [0.15, 0.2) is 17.5 Å². The first-order chi connectivity index (χ1) is 11.1. The Morgan fingerprint density at radius 2 is 2.21 bits per heavy atom. The first-order valence-corrected chi connectivity index (χ1v) is 9.91. The maximum atomic E-state index is 12.5. The van der Waals surface area contributed by atoms with Gasteiger partial charge in [-0.25, -0.2) is 4.98 Å². The van der Waals surface area contributed by atoms with Crippen molar-refractivity contribution in [1.29, 1.82) is 0 Å². The Bertz CT molecular complexity index is 732. The van der Waals surface area contributed by atoms with Crippen molar-refractivity contribution in [2.75, 3.05) is 13.1 Å². The van der Waals surface area contributed by atoms with Gasteiger partial charge in [0.05, 0.1) is 21.3 Å². The third-order valence-electron chi connectivity index (χ3n) is 4.93. The molecule has 2 fully saturated rings. The molecule has 3 atom stereocenters. The van der Waals surface area contributed by atoms with Crippen molar-refractivity contribution in [3.05, 3.63) is 27.5 Å². The molecule has 2 aromatic heterocycles. The van der Waals surface area contributed by atoms with Crippen molar-refractivity contribution in [2.24, 2.45) is 17.6 Å². The fourth-order valence-corrected chi connectivity index (χ4v) is 5.64. The van der Waals surface area contributed by atoms with Crippen LogP contribution in [0.5, 0.6) is 0 Å². The van der Waals surface area contributed by atoms with E-state index in [0.29, 0.717) is 18.3 Å². The molecule has 0 bridgehead atoms. The maximum Gasteiger partial charge on any atom is 0.228 e. The minimum atomic E-state index is 0. The Morgan fingerprint density at radius 1 is 1.38 bits per heavy atom. The van der Waals surface area contributed by atoms with Gasteiger partial charge in [-0.05, 0) is 36.8 Å². The van der Waals surface area contributed by atoms with E-state index in [4.69, 9.17) is 17.3 Å². The number of nitrogens with two attached hydrogens (primary N) is 1. The molecule has 1 aliphatic heterocycles. The number of thiophene rings is 1. The van der Waals surface area contributed by atoms with Crippen molar-refractivity contribution in [3.63, 3.8) is 0 Å². The van der Waals surface area contributed by atoms with Crippen LogP contribution in [-0.4, -0.2) is 34.9 Å². The molecular formula is C16H19Cl2N3OS2. The summed E-state index contributed by atoms with van der Waals surface area (Å²) in [5, 5.41) is 2.91. The molecule has 3 heterocycles. The quantitative estimate of drug-likeness (QED) is 0.849. The Hall–Kier alpha value is -0.660. The number of likely N-dealkylation sites (tertiary alicyclic amines) is 1. The largest absolute Gasteiger partial charge is 0.342 e. The minimum Gasteiger partial charge on any atom is -0.342 e. The Labute approximate surface area is 160 Å². The van der Waals surface area contributed by atoms with Gasteiger partial charge in [-0.1, -0.05) is 11.6 Å². The molecule has 4 rings (SSSR count). The summed E-state index contributed by atoms with van der Waals surface area (Å²) in [5.41, 5.74) is 6.99. The summed E-state index contributed by atoms with van der Waals surface area (Å²) in [4.78, 5) is 20.2. The van der Waals surface area contributed by atoms with Crippen LogP contribution in [0.2, 0.25) is 4.34 Å². The fraction of sp³-hybridized carbons (Fsp3) is 0.500. The number of halogens is 2. The van der Waals surface area contributed by atoms with Crippen LogP contribution in [0, 0.1) is 11.8 Å². The van der Waals surface area contributed by atoms with Crippen molar-refractivity contribution in [3.8, 4) is 9.88 Å². The number of thiazole rings is 1. The highest BCUT2D eigenvalue weighted by Crippen LogP contribution is 2.37. The molecule has 1 saturated heterocycles. The lowest BCUT2D eigenvalue weighted by Gasteiger charge is -2.18. The van der Waals surface area contributed by atoms with Gasteiger partial charge >= 0.3 is 0 Å². The average molecular weight is 404 g/mol. The topological polar surface area (TPSA) is 59.2 Å². The second kappa shape index (κ2) is 7.30. The van der Waals surface area contributed by atoms with Gasteiger partial charge in [0, 0.05) is 24.5 Å². The predicted octanol–water partition coefficient (Wildman–Crippen LogP) is 3.69. The molecule has 1 saturated carbocycles. The van der Waals surface area contributed by atoms with Crippen LogP contribution in [0.4, 0.5) is 0 Å². The van der Waals surface area contributed by atoms with Crippen LogP contribution in [0.3, 0.4) is 0 Å². The normalized spacial score (nSPS) is 25.6. The summed E-state index contributed by atoms with van der Waals surface area (Å²) < 4.78 is 0.757. The number of hydrogen-bond acceptors (Lipinski definition) is 5. The summed E-state index contributed by atoms with van der Waals surface area (Å²) in [6.07, 6.45) is 2.65. The number of aromatic nitrogens is 1. The van der Waals surface area contributed by atoms with E-state index in [1.54, 1.807) is 11.3 Å². The SMILES string of the molecule is Cl.NC1CCC2CN(C(=O)Cc3csc(-c4ccc(Cl)s4)n3)CC12. The first kappa shape index (κ1) is 18.1. The predicted molar refractivity (Wildman–Crippen MR) is 102 cm³/mol. The zero-order valence-corrected chi connectivity index (χ0v) is 16.2. The van der Waals surface area contributed by atoms with E-state index in [1.807, 2.05) is 22.4 Å². The lowest BCUT2D eigenvalue weighted by molar-refractivity contribution is -0.129. The van der Waals surface area contributed by atoms with Gasteiger partial charge in [-0.3, -0.25) is 4.79 Å². The van der Waals surface area contributed by atoms with E-state index in [-0.39, 0.29) is 24.4 Å². The van der Waals surface area contributed by atoms with Gasteiger partial charge in [0.2, 0.25) is 5.91 Å². The van der Waals surface area contributed by atoms with Crippen LogP contribution < -0.4 is 5.73 Å². The molecule has 2 aromatic rings. The molecule has 8 heteroatoms. The number of carbonyl (C=O) groups is 1. The highest BCUT2D eigenvalue weighted by Gasteiger charge is 2.42. The van der Waals surface area contributed by atoms with Crippen LogP contribution >= 0.6 is 46.7 Å². The number of fused-ring (bicyclic) bond motifs is 1. The van der Waals surface area contributed by atoms with Gasteiger partial charge in [0.25, 0.3) is 0 Å². The number of nitrogens with zero attached hydrogens (tertiary/aromatic N) is 2. The summed E-state index contributed by atoms with van der Waals surface area (Å²) in [6, 6.07) is 4.12. The van der Waals surface area contributed by atoms with E-state index < -0.39 is 0 Å². The minimum absolute atomic E-state index is 0. The van der Waals surface area contributed by atoms with Crippen molar-refractivity contribution < 1.29 is 4.79 Å². The summed E-state index contributed by atoms with van der Waals surface area (Å²) in [5.74, 6) is 1.28. The monoisotopic (exact) mass is 403 g/mol. The van der Waals surface area contributed by atoms with Gasteiger partial charge in [0.1, 0.15) is 5.01 Å². The highest BCUT2D eigenvalue weighted by molar-refractivity contribution is 7.23. The van der Waals surface area contributed by atoms with Crippen LogP contribution in [0.1, 0.15) is 18.5 Å². The lowest BCUT2D eigenvalue weighted by atomic mass is 9.98. The molecule has 130 valence electrons. The fourth-order valence-electron chi connectivity index (χ4n) is 3.71. The summed E-state index contributed by atoms with van der Waals surface area (Å²) in [7, 11) is 0. The third-order valence-corrected chi connectivity index (χ3v) is 7.22. The molecule has 4 nitrogen and oxygen atoms in total. The third kappa shape index (κ3) is 3.48. The van der Waals surface area contributed by atoms with Crippen molar-refractivity contribution in [2.45, 2.75) is 25.3 Å². The summed E-state index contributed by atoms with van der Waals surface area (Å²) >= 11 is 9.05. The van der Waals surface area contributed by atoms with Crippen molar-refractivity contribution >= 4 is 52.6 Å². The Balaban J connectivity index is 0.00000169. The maximum absolute atomic E-state index is 12.5. The average Bonchev–Trinajstić information content (AvgIpc) is 3.25. The standard InChI is InChI=1S/C16H18ClN3OS2.ClH/c17-14-4-3-13(23-14)16-19-10(8-22-16)5-15(21)20-6-9-1-2-12(18)11(9)7-20;/h3-4,8-9,11-12H,1-2,5-7,18H2;1H. The van der Waals surface area contributed by atoms with Gasteiger partial charge < -0.3 is 10.6 Å². The van der Waals surface area contributed by atoms with E-state index in [9.17, 15) is 4.79 Å². The van der Waals surface area contributed by atoms with E-state index in [2.05, 4.69) is 4.98 Å². The number of hydrogen-bond donors (Lipinski definition) is 1. The van der Waals surface area contributed by atoms with Crippen LogP contribution in [-0.2, 0) is 11.2 Å².